The number of rotatable bonds is 3. The van der Waals surface area contributed by atoms with Crippen LogP contribution < -0.4 is 4.72 Å². The Kier molecular flexibility index (Phi) is 5.18. The molecule has 0 fully saturated rings. The van der Waals surface area contributed by atoms with Crippen LogP contribution in [0.4, 0.5) is 5.69 Å². The molecule has 0 radical (unpaired) electrons. The Balaban J connectivity index is 2.41. The van der Waals surface area contributed by atoms with E-state index in [2.05, 4.69) is 52.5 Å². The van der Waals surface area contributed by atoms with Gasteiger partial charge in [-0.05, 0) is 52.3 Å². The summed E-state index contributed by atoms with van der Waals surface area (Å²) in [4.78, 5) is 0.139. The molecule has 20 heavy (non-hydrogen) atoms. The van der Waals surface area contributed by atoms with Crippen LogP contribution in [0.2, 0.25) is 5.02 Å². The minimum atomic E-state index is -3.71. The molecule has 2 rings (SSSR count). The predicted octanol–water partition coefficient (Wildman–Crippen LogP) is 5.43. The second-order valence-corrected chi connectivity index (χ2v) is 8.55. The predicted molar refractivity (Wildman–Crippen MR) is 91.8 cm³/mol. The molecule has 3 nitrogen and oxygen atoms in total. The molecule has 2 aromatic rings. The second kappa shape index (κ2) is 6.36. The molecule has 0 saturated heterocycles. The molecular formula is C12H7Br3ClNO2S. The Morgan fingerprint density at radius 3 is 2.15 bits per heavy atom. The maximum Gasteiger partial charge on any atom is 0.263 e. The number of hydrogen-bond donors (Lipinski definition) is 1. The van der Waals surface area contributed by atoms with Gasteiger partial charge in [0, 0.05) is 13.4 Å². The lowest BCUT2D eigenvalue weighted by Crippen LogP contribution is -2.13. The van der Waals surface area contributed by atoms with Crippen LogP contribution in [0.3, 0.4) is 0 Å². The molecule has 0 aromatic heterocycles. The molecule has 0 aliphatic heterocycles. The highest BCUT2D eigenvalue weighted by molar-refractivity contribution is 9.11. The Labute approximate surface area is 147 Å². The third-order valence-electron chi connectivity index (χ3n) is 2.36. The minimum absolute atomic E-state index is 0.139. The fourth-order valence-electron chi connectivity index (χ4n) is 1.47. The van der Waals surface area contributed by atoms with E-state index in [9.17, 15) is 8.42 Å². The van der Waals surface area contributed by atoms with Gasteiger partial charge in [-0.3, -0.25) is 4.72 Å². The van der Waals surface area contributed by atoms with Crippen molar-refractivity contribution in [1.82, 2.24) is 0 Å². The molecule has 0 aliphatic rings. The highest BCUT2D eigenvalue weighted by Gasteiger charge is 2.19. The van der Waals surface area contributed by atoms with Crippen LogP contribution in [-0.4, -0.2) is 8.42 Å². The largest absolute Gasteiger partial charge is 0.278 e. The molecular weight excluding hydrogens is 497 g/mol. The topological polar surface area (TPSA) is 46.2 Å². The molecule has 1 N–H and O–H groups in total. The third kappa shape index (κ3) is 3.76. The summed E-state index contributed by atoms with van der Waals surface area (Å²) in [7, 11) is -3.71. The summed E-state index contributed by atoms with van der Waals surface area (Å²) in [6.07, 6.45) is 0. The number of benzene rings is 2. The van der Waals surface area contributed by atoms with Crippen LogP contribution in [0.25, 0.3) is 0 Å². The Hall–Kier alpha value is -0.0800. The van der Waals surface area contributed by atoms with E-state index in [4.69, 9.17) is 11.6 Å². The molecule has 0 bridgehead atoms. The van der Waals surface area contributed by atoms with Crippen molar-refractivity contribution >= 4 is 75.1 Å². The molecule has 0 amide bonds. The van der Waals surface area contributed by atoms with Gasteiger partial charge in [0.25, 0.3) is 10.0 Å². The number of hydrogen-bond acceptors (Lipinski definition) is 2. The van der Waals surface area contributed by atoms with Crippen LogP contribution in [-0.2, 0) is 10.0 Å². The highest BCUT2D eigenvalue weighted by Crippen LogP contribution is 2.30. The van der Waals surface area contributed by atoms with Gasteiger partial charge in [0.2, 0.25) is 0 Å². The lowest BCUT2D eigenvalue weighted by atomic mass is 10.3. The zero-order chi connectivity index (χ0) is 14.9. The SMILES string of the molecule is O=S(=O)(Nc1ccc(Br)cc1Cl)c1ccc(Br)cc1Br. The first-order valence-electron chi connectivity index (χ1n) is 5.22. The van der Waals surface area contributed by atoms with E-state index in [1.165, 1.54) is 6.07 Å². The van der Waals surface area contributed by atoms with E-state index >= 15 is 0 Å². The van der Waals surface area contributed by atoms with Crippen molar-refractivity contribution in [3.63, 3.8) is 0 Å². The highest BCUT2D eigenvalue weighted by atomic mass is 79.9. The van der Waals surface area contributed by atoms with Crippen molar-refractivity contribution < 1.29 is 8.42 Å². The first kappa shape index (κ1) is 16.3. The Morgan fingerprint density at radius 2 is 1.55 bits per heavy atom. The van der Waals surface area contributed by atoms with E-state index < -0.39 is 10.0 Å². The quantitative estimate of drug-likeness (QED) is 0.606. The van der Waals surface area contributed by atoms with Gasteiger partial charge in [-0.2, -0.15) is 0 Å². The molecule has 0 saturated carbocycles. The van der Waals surface area contributed by atoms with Gasteiger partial charge in [0.05, 0.1) is 10.7 Å². The molecule has 0 unspecified atom stereocenters. The minimum Gasteiger partial charge on any atom is -0.278 e. The summed E-state index contributed by atoms with van der Waals surface area (Å²) in [5, 5.41) is 0.316. The molecule has 8 heteroatoms. The van der Waals surface area contributed by atoms with E-state index in [0.29, 0.717) is 15.2 Å². The van der Waals surface area contributed by atoms with Crippen molar-refractivity contribution in [1.29, 1.82) is 0 Å². The first-order valence-corrected chi connectivity index (χ1v) is 9.46. The zero-order valence-corrected chi connectivity index (χ0v) is 16.0. The Bertz CT molecular complexity index is 765. The van der Waals surface area contributed by atoms with Crippen LogP contribution in [0.15, 0.2) is 54.7 Å². The van der Waals surface area contributed by atoms with E-state index in [-0.39, 0.29) is 4.90 Å². The van der Waals surface area contributed by atoms with Crippen LogP contribution >= 0.6 is 59.4 Å². The second-order valence-electron chi connectivity index (χ2n) is 3.80. The van der Waals surface area contributed by atoms with E-state index in [0.717, 1.165) is 8.95 Å². The number of halogens is 4. The molecule has 106 valence electrons. The number of nitrogens with one attached hydrogen (secondary N) is 1. The normalized spacial score (nSPS) is 11.4. The summed E-state index contributed by atoms with van der Waals surface area (Å²) in [5.74, 6) is 0. The van der Waals surface area contributed by atoms with Crippen LogP contribution in [0.1, 0.15) is 0 Å². The average molecular weight is 504 g/mol. The summed E-state index contributed by atoms with van der Waals surface area (Å²) < 4.78 is 29.2. The summed E-state index contributed by atoms with van der Waals surface area (Å²) in [5.41, 5.74) is 0.324. The maximum absolute atomic E-state index is 12.3. The smallest absolute Gasteiger partial charge is 0.263 e. The van der Waals surface area contributed by atoms with Crippen LogP contribution in [0, 0.1) is 0 Å². The van der Waals surface area contributed by atoms with Crippen molar-refractivity contribution in [2.24, 2.45) is 0 Å². The van der Waals surface area contributed by atoms with E-state index in [1.54, 1.807) is 30.3 Å². The van der Waals surface area contributed by atoms with Gasteiger partial charge in [0.1, 0.15) is 4.90 Å². The number of anilines is 1. The van der Waals surface area contributed by atoms with Crippen molar-refractivity contribution in [2.75, 3.05) is 4.72 Å². The third-order valence-corrected chi connectivity index (χ3v) is 6.00. The van der Waals surface area contributed by atoms with Crippen molar-refractivity contribution in [3.8, 4) is 0 Å². The zero-order valence-electron chi connectivity index (χ0n) is 9.70. The summed E-state index contributed by atoms with van der Waals surface area (Å²) >= 11 is 15.8. The first-order chi connectivity index (χ1) is 9.29. The standard InChI is InChI=1S/C12H7Br3ClNO2S/c13-7-2-4-12(9(15)5-7)20(18,19)17-11-3-1-8(14)6-10(11)16/h1-6,17H. The van der Waals surface area contributed by atoms with Gasteiger partial charge >= 0.3 is 0 Å². The summed E-state index contributed by atoms with van der Waals surface area (Å²) in [6.45, 7) is 0. The molecule has 0 aliphatic carbocycles. The molecule has 0 heterocycles. The average Bonchev–Trinajstić information content (AvgIpc) is 2.32. The van der Waals surface area contributed by atoms with Crippen LogP contribution in [0.5, 0.6) is 0 Å². The fourth-order valence-corrected chi connectivity index (χ4v) is 5.07. The van der Waals surface area contributed by atoms with Gasteiger partial charge in [-0.25, -0.2) is 8.42 Å². The van der Waals surface area contributed by atoms with Crippen molar-refractivity contribution in [2.45, 2.75) is 4.90 Å². The lowest BCUT2D eigenvalue weighted by molar-refractivity contribution is 0.600. The van der Waals surface area contributed by atoms with E-state index in [1.807, 2.05) is 0 Å². The molecule has 0 atom stereocenters. The molecule has 2 aromatic carbocycles. The molecule has 0 spiro atoms. The fraction of sp³-hybridized carbons (Fsp3) is 0. The van der Waals surface area contributed by atoms with Gasteiger partial charge in [0.15, 0.2) is 0 Å². The van der Waals surface area contributed by atoms with Crippen molar-refractivity contribution in [3.05, 3.63) is 54.8 Å². The lowest BCUT2D eigenvalue weighted by Gasteiger charge is -2.11. The Morgan fingerprint density at radius 1 is 0.950 bits per heavy atom. The maximum atomic E-state index is 12.3. The van der Waals surface area contributed by atoms with Gasteiger partial charge < -0.3 is 0 Å². The van der Waals surface area contributed by atoms with Gasteiger partial charge in [-0.15, -0.1) is 0 Å². The monoisotopic (exact) mass is 501 g/mol. The summed E-state index contributed by atoms with van der Waals surface area (Å²) in [6, 6.07) is 9.75. The number of sulfonamides is 1. The van der Waals surface area contributed by atoms with Gasteiger partial charge in [-0.1, -0.05) is 43.5 Å².